The molecule has 0 saturated carbocycles. The number of hydrogen-bond donors (Lipinski definition) is 2. The lowest BCUT2D eigenvalue weighted by Crippen LogP contribution is -2.03. The number of rotatable bonds is 3. The van der Waals surface area contributed by atoms with Crippen LogP contribution in [0.15, 0.2) is 30.3 Å². The number of aromatic hydroxyl groups is 1. The fourth-order valence-corrected chi connectivity index (χ4v) is 1.82. The highest BCUT2D eigenvalue weighted by molar-refractivity contribution is 5.56. The summed E-state index contributed by atoms with van der Waals surface area (Å²) in [6, 6.07) is 8.72. The largest absolute Gasteiger partial charge is 0.505 e. The van der Waals surface area contributed by atoms with Gasteiger partial charge in [0.1, 0.15) is 5.82 Å². The Bertz CT molecular complexity index is 693. The van der Waals surface area contributed by atoms with Crippen molar-refractivity contribution in [3.05, 3.63) is 58.7 Å². The van der Waals surface area contributed by atoms with E-state index in [0.29, 0.717) is 16.8 Å². The Balaban J connectivity index is 2.25. The monoisotopic (exact) mass is 274 g/mol. The van der Waals surface area contributed by atoms with E-state index >= 15 is 0 Å². The van der Waals surface area contributed by atoms with Crippen molar-refractivity contribution < 1.29 is 13.9 Å². The van der Waals surface area contributed by atoms with Gasteiger partial charge in [0.25, 0.3) is 0 Å². The summed E-state index contributed by atoms with van der Waals surface area (Å²) in [6.07, 6.45) is 0. The van der Waals surface area contributed by atoms with E-state index in [1.165, 1.54) is 12.1 Å². The minimum atomic E-state index is -0.710. The predicted molar refractivity (Wildman–Crippen MR) is 71.2 cm³/mol. The van der Waals surface area contributed by atoms with Crippen molar-refractivity contribution >= 4 is 5.69 Å². The molecule has 0 bridgehead atoms. The lowest BCUT2D eigenvalue weighted by Gasteiger charge is -2.12. The Morgan fingerprint density at radius 1 is 1.25 bits per heavy atom. The second kappa shape index (κ2) is 5.57. The normalized spacial score (nSPS) is 10.1. The second-order valence-corrected chi connectivity index (χ2v) is 4.34. The Labute approximate surface area is 115 Å². The quantitative estimate of drug-likeness (QED) is 0.901. The number of nitrogens with one attached hydrogen (secondary N) is 1. The average molecular weight is 274 g/mol. The van der Waals surface area contributed by atoms with E-state index < -0.39 is 17.4 Å². The van der Waals surface area contributed by atoms with E-state index in [1.807, 2.05) is 6.07 Å². The molecule has 3 nitrogen and oxygen atoms in total. The molecule has 0 saturated heterocycles. The summed E-state index contributed by atoms with van der Waals surface area (Å²) in [5.41, 5.74) is 1.34. The Hall–Kier alpha value is -2.61. The first-order chi connectivity index (χ1) is 9.52. The maximum Gasteiger partial charge on any atom is 0.165 e. The Kier molecular flexibility index (Phi) is 3.85. The van der Waals surface area contributed by atoms with Gasteiger partial charge < -0.3 is 10.4 Å². The number of phenols is 1. The summed E-state index contributed by atoms with van der Waals surface area (Å²) in [6.45, 7) is 1.70. The SMILES string of the molecule is Cc1c(F)cc(C#N)cc1NCc1cccc(F)c1O. The number of nitrogens with zero attached hydrogens (tertiary/aromatic N) is 1. The lowest BCUT2D eigenvalue weighted by molar-refractivity contribution is 0.427. The first kappa shape index (κ1) is 13.8. The molecule has 0 unspecified atom stereocenters. The molecular weight excluding hydrogens is 262 g/mol. The van der Waals surface area contributed by atoms with E-state index in [-0.39, 0.29) is 12.1 Å². The van der Waals surface area contributed by atoms with Gasteiger partial charge >= 0.3 is 0 Å². The van der Waals surface area contributed by atoms with E-state index in [9.17, 15) is 13.9 Å². The van der Waals surface area contributed by atoms with Crippen LogP contribution in [0.3, 0.4) is 0 Å². The Morgan fingerprint density at radius 2 is 2.00 bits per heavy atom. The highest BCUT2D eigenvalue weighted by Gasteiger charge is 2.09. The van der Waals surface area contributed by atoms with Crippen molar-refractivity contribution in [1.82, 2.24) is 0 Å². The van der Waals surface area contributed by atoms with Crippen molar-refractivity contribution in [2.45, 2.75) is 13.5 Å². The van der Waals surface area contributed by atoms with Crippen LogP contribution in [0.4, 0.5) is 14.5 Å². The third-order valence-electron chi connectivity index (χ3n) is 3.01. The lowest BCUT2D eigenvalue weighted by atomic mass is 10.1. The number of para-hydroxylation sites is 1. The standard InChI is InChI=1S/C15H12F2N2O/c1-9-13(17)5-10(7-18)6-14(9)19-8-11-3-2-4-12(16)15(11)20/h2-6,19-20H,8H2,1H3. The molecule has 2 aromatic rings. The van der Waals surface area contributed by atoms with Crippen molar-refractivity contribution in [2.75, 3.05) is 5.32 Å². The molecule has 0 atom stereocenters. The van der Waals surface area contributed by atoms with Crippen LogP contribution in [-0.4, -0.2) is 5.11 Å². The minimum absolute atomic E-state index is 0.124. The molecule has 0 amide bonds. The average Bonchev–Trinajstić information content (AvgIpc) is 2.44. The maximum absolute atomic E-state index is 13.6. The molecule has 20 heavy (non-hydrogen) atoms. The van der Waals surface area contributed by atoms with Crippen LogP contribution in [0.2, 0.25) is 0 Å². The van der Waals surface area contributed by atoms with Crippen LogP contribution in [0.25, 0.3) is 0 Å². The molecule has 0 spiro atoms. The molecule has 0 aliphatic carbocycles. The van der Waals surface area contributed by atoms with Gasteiger partial charge in [0.05, 0.1) is 11.6 Å². The third-order valence-corrected chi connectivity index (χ3v) is 3.01. The molecule has 0 heterocycles. The first-order valence-electron chi connectivity index (χ1n) is 5.93. The maximum atomic E-state index is 13.6. The van der Waals surface area contributed by atoms with Crippen molar-refractivity contribution in [2.24, 2.45) is 0 Å². The zero-order valence-corrected chi connectivity index (χ0v) is 10.7. The summed E-state index contributed by atoms with van der Waals surface area (Å²) >= 11 is 0. The molecule has 0 aliphatic rings. The summed E-state index contributed by atoms with van der Waals surface area (Å²) in [5.74, 6) is -1.64. The molecule has 0 fully saturated rings. The summed E-state index contributed by atoms with van der Waals surface area (Å²) in [7, 11) is 0. The molecule has 102 valence electrons. The van der Waals surface area contributed by atoms with Crippen LogP contribution in [-0.2, 0) is 6.54 Å². The number of anilines is 1. The van der Waals surface area contributed by atoms with Gasteiger partial charge in [-0.2, -0.15) is 5.26 Å². The number of halogens is 2. The molecule has 2 rings (SSSR count). The molecule has 2 aromatic carbocycles. The van der Waals surface area contributed by atoms with Gasteiger partial charge in [-0.15, -0.1) is 0 Å². The molecule has 2 N–H and O–H groups in total. The molecule has 5 heteroatoms. The number of benzene rings is 2. The fourth-order valence-electron chi connectivity index (χ4n) is 1.82. The third kappa shape index (κ3) is 2.69. The Morgan fingerprint density at radius 3 is 2.70 bits per heavy atom. The van der Waals surface area contributed by atoms with Crippen LogP contribution < -0.4 is 5.32 Å². The highest BCUT2D eigenvalue weighted by Crippen LogP contribution is 2.24. The van der Waals surface area contributed by atoms with Gasteiger partial charge in [0.15, 0.2) is 11.6 Å². The van der Waals surface area contributed by atoms with E-state index in [0.717, 1.165) is 12.1 Å². The van der Waals surface area contributed by atoms with Crippen molar-refractivity contribution in [3.63, 3.8) is 0 Å². The summed E-state index contributed by atoms with van der Waals surface area (Å²) < 4.78 is 26.8. The minimum Gasteiger partial charge on any atom is -0.505 e. The molecule has 0 radical (unpaired) electrons. The van der Waals surface area contributed by atoms with Gasteiger partial charge in [-0.3, -0.25) is 0 Å². The topological polar surface area (TPSA) is 56.0 Å². The summed E-state index contributed by atoms with van der Waals surface area (Å²) in [5, 5.41) is 21.3. The summed E-state index contributed by atoms with van der Waals surface area (Å²) in [4.78, 5) is 0. The van der Waals surface area contributed by atoms with Crippen LogP contribution >= 0.6 is 0 Å². The fraction of sp³-hybridized carbons (Fsp3) is 0.133. The smallest absolute Gasteiger partial charge is 0.165 e. The highest BCUT2D eigenvalue weighted by atomic mass is 19.1. The zero-order valence-electron chi connectivity index (χ0n) is 10.7. The van der Waals surface area contributed by atoms with Gasteiger partial charge in [0.2, 0.25) is 0 Å². The van der Waals surface area contributed by atoms with E-state index in [4.69, 9.17) is 5.26 Å². The van der Waals surface area contributed by atoms with Gasteiger partial charge in [0, 0.05) is 23.4 Å². The van der Waals surface area contributed by atoms with Crippen LogP contribution in [0.1, 0.15) is 16.7 Å². The van der Waals surface area contributed by atoms with Crippen LogP contribution in [0, 0.1) is 29.9 Å². The second-order valence-electron chi connectivity index (χ2n) is 4.34. The number of nitriles is 1. The van der Waals surface area contributed by atoms with Crippen molar-refractivity contribution in [3.8, 4) is 11.8 Å². The molecule has 0 aromatic heterocycles. The number of phenolic OH excluding ortho intramolecular Hbond substituents is 1. The zero-order chi connectivity index (χ0) is 14.7. The van der Waals surface area contributed by atoms with E-state index in [1.54, 1.807) is 13.0 Å². The first-order valence-corrected chi connectivity index (χ1v) is 5.93. The van der Waals surface area contributed by atoms with Crippen LogP contribution in [0.5, 0.6) is 5.75 Å². The predicted octanol–water partition coefficient (Wildman–Crippen LogP) is 3.46. The molecule has 0 aliphatic heterocycles. The van der Waals surface area contributed by atoms with Gasteiger partial charge in [-0.05, 0) is 25.1 Å². The van der Waals surface area contributed by atoms with Crippen molar-refractivity contribution in [1.29, 1.82) is 5.26 Å². The van der Waals surface area contributed by atoms with Gasteiger partial charge in [-0.25, -0.2) is 8.78 Å². The number of hydrogen-bond acceptors (Lipinski definition) is 3. The van der Waals surface area contributed by atoms with E-state index in [2.05, 4.69) is 5.32 Å². The van der Waals surface area contributed by atoms with Gasteiger partial charge in [-0.1, -0.05) is 12.1 Å². The molecular formula is C15H12F2N2O.